The lowest BCUT2D eigenvalue weighted by Crippen LogP contribution is -2.59. The number of hydrogen-bond donors (Lipinski definition) is 1. The predicted molar refractivity (Wildman–Crippen MR) is 77.6 cm³/mol. The van der Waals surface area contributed by atoms with E-state index < -0.39 is 17.9 Å². The van der Waals surface area contributed by atoms with Crippen LogP contribution >= 0.6 is 0 Å². The first-order valence-corrected chi connectivity index (χ1v) is 6.78. The van der Waals surface area contributed by atoms with Gasteiger partial charge in [0, 0.05) is 18.9 Å². The van der Waals surface area contributed by atoms with Crippen LogP contribution in [0.1, 0.15) is 12.5 Å². The molecule has 1 unspecified atom stereocenters. The number of hydrogen-bond acceptors (Lipinski definition) is 5. The van der Waals surface area contributed by atoms with Crippen molar-refractivity contribution in [3.63, 3.8) is 0 Å². The minimum Gasteiger partial charge on any atom is -0.497 e. The molecule has 0 spiro atoms. The Morgan fingerprint density at radius 1 is 1.32 bits per heavy atom. The van der Waals surface area contributed by atoms with Gasteiger partial charge in [-0.25, -0.2) is 0 Å². The Morgan fingerprint density at radius 2 is 2.05 bits per heavy atom. The minimum absolute atomic E-state index is 0.217. The summed E-state index contributed by atoms with van der Waals surface area (Å²) in [5.41, 5.74) is 0.714. The minimum atomic E-state index is -0.800. The second kappa shape index (κ2) is 6.46. The monoisotopic (exact) mass is 306 g/mol. The summed E-state index contributed by atoms with van der Waals surface area (Å²) < 4.78 is 10.4. The van der Waals surface area contributed by atoms with Gasteiger partial charge in [-0.1, -0.05) is 0 Å². The van der Waals surface area contributed by atoms with Crippen LogP contribution in [0.5, 0.6) is 11.5 Å². The quantitative estimate of drug-likeness (QED) is 0.854. The predicted octanol–water partition coefficient (Wildman–Crippen LogP) is 0.120. The number of carbonyl (C=O) groups excluding carboxylic acids is 3. The van der Waals surface area contributed by atoms with Crippen molar-refractivity contribution in [1.82, 2.24) is 10.2 Å². The van der Waals surface area contributed by atoms with E-state index >= 15 is 0 Å². The van der Waals surface area contributed by atoms with E-state index in [9.17, 15) is 14.4 Å². The number of nitrogens with one attached hydrogen (secondary N) is 1. The van der Waals surface area contributed by atoms with Gasteiger partial charge in [-0.3, -0.25) is 19.3 Å². The van der Waals surface area contributed by atoms with Gasteiger partial charge in [0.1, 0.15) is 24.1 Å². The highest BCUT2D eigenvalue weighted by atomic mass is 16.5. The Balaban J connectivity index is 2.27. The van der Waals surface area contributed by atoms with Crippen LogP contribution in [-0.2, 0) is 20.8 Å². The molecule has 118 valence electrons. The highest BCUT2D eigenvalue weighted by molar-refractivity contribution is 6.04. The first-order chi connectivity index (χ1) is 10.5. The van der Waals surface area contributed by atoms with E-state index in [-0.39, 0.29) is 18.9 Å². The van der Waals surface area contributed by atoms with Crippen LogP contribution in [-0.4, -0.2) is 49.4 Å². The van der Waals surface area contributed by atoms with Crippen LogP contribution in [0.25, 0.3) is 0 Å². The van der Waals surface area contributed by atoms with Crippen LogP contribution in [0.4, 0.5) is 0 Å². The SMILES string of the molecule is COc1ccc(OC)c(CC2NC(=O)CN(C(C)=O)C2=O)c1. The molecule has 0 aliphatic carbocycles. The molecule has 3 amide bonds. The van der Waals surface area contributed by atoms with E-state index in [1.807, 2.05) is 0 Å². The third kappa shape index (κ3) is 3.19. The smallest absolute Gasteiger partial charge is 0.252 e. The number of nitrogens with zero attached hydrogens (tertiary/aromatic N) is 1. The summed E-state index contributed by atoms with van der Waals surface area (Å²) in [6.07, 6.45) is 0.217. The first-order valence-electron chi connectivity index (χ1n) is 6.78. The summed E-state index contributed by atoms with van der Waals surface area (Å²) >= 11 is 0. The molecule has 1 atom stereocenters. The van der Waals surface area contributed by atoms with E-state index in [4.69, 9.17) is 9.47 Å². The first kappa shape index (κ1) is 15.8. The molecule has 1 saturated heterocycles. The van der Waals surface area contributed by atoms with Gasteiger partial charge in [0.15, 0.2) is 0 Å². The van der Waals surface area contributed by atoms with Crippen LogP contribution in [0, 0.1) is 0 Å². The average Bonchev–Trinajstić information content (AvgIpc) is 2.50. The molecule has 1 fully saturated rings. The maximum absolute atomic E-state index is 12.3. The zero-order valence-electron chi connectivity index (χ0n) is 12.7. The van der Waals surface area contributed by atoms with Gasteiger partial charge in [0.25, 0.3) is 5.91 Å². The van der Waals surface area contributed by atoms with Crippen molar-refractivity contribution in [3.8, 4) is 11.5 Å². The summed E-state index contributed by atoms with van der Waals surface area (Å²) in [6.45, 7) is 1.03. The Morgan fingerprint density at radius 3 is 2.64 bits per heavy atom. The van der Waals surface area contributed by atoms with Gasteiger partial charge in [0.05, 0.1) is 14.2 Å². The Kier molecular flexibility index (Phi) is 4.65. The van der Waals surface area contributed by atoms with Crippen LogP contribution in [0.15, 0.2) is 18.2 Å². The number of ether oxygens (including phenoxy) is 2. The van der Waals surface area contributed by atoms with Crippen molar-refractivity contribution in [3.05, 3.63) is 23.8 Å². The van der Waals surface area contributed by atoms with E-state index in [0.717, 1.165) is 4.90 Å². The van der Waals surface area contributed by atoms with E-state index in [2.05, 4.69) is 5.32 Å². The fourth-order valence-electron chi connectivity index (χ4n) is 2.38. The molecule has 0 bridgehead atoms. The van der Waals surface area contributed by atoms with Crippen molar-refractivity contribution in [2.45, 2.75) is 19.4 Å². The largest absolute Gasteiger partial charge is 0.497 e. The highest BCUT2D eigenvalue weighted by Crippen LogP contribution is 2.25. The molecule has 1 aromatic rings. The van der Waals surface area contributed by atoms with Crippen LogP contribution in [0.3, 0.4) is 0 Å². The summed E-state index contributed by atoms with van der Waals surface area (Å²) in [5.74, 6) is -0.0160. The molecule has 22 heavy (non-hydrogen) atoms. The van der Waals surface area contributed by atoms with Crippen molar-refractivity contribution in [1.29, 1.82) is 0 Å². The lowest BCUT2D eigenvalue weighted by atomic mass is 10.0. The molecule has 1 aromatic carbocycles. The van der Waals surface area contributed by atoms with Gasteiger partial charge in [0.2, 0.25) is 11.8 Å². The second-order valence-corrected chi connectivity index (χ2v) is 4.95. The molecular weight excluding hydrogens is 288 g/mol. The molecule has 7 heteroatoms. The van der Waals surface area contributed by atoms with Crippen LogP contribution < -0.4 is 14.8 Å². The number of methoxy groups -OCH3 is 2. The molecule has 7 nitrogen and oxygen atoms in total. The molecule has 0 saturated carbocycles. The van der Waals surface area contributed by atoms with Gasteiger partial charge in [-0.15, -0.1) is 0 Å². The van der Waals surface area contributed by atoms with Crippen molar-refractivity contribution in [2.75, 3.05) is 20.8 Å². The molecule has 0 radical (unpaired) electrons. The topological polar surface area (TPSA) is 84.9 Å². The molecule has 1 aliphatic rings. The summed E-state index contributed by atoms with van der Waals surface area (Å²) in [6, 6.07) is 4.41. The second-order valence-electron chi connectivity index (χ2n) is 4.95. The Labute approximate surface area is 128 Å². The Hall–Kier alpha value is -2.57. The molecule has 1 aliphatic heterocycles. The van der Waals surface area contributed by atoms with Gasteiger partial charge < -0.3 is 14.8 Å². The van der Waals surface area contributed by atoms with Gasteiger partial charge >= 0.3 is 0 Å². The summed E-state index contributed by atoms with van der Waals surface area (Å²) in [5, 5.41) is 2.61. The average molecular weight is 306 g/mol. The summed E-state index contributed by atoms with van der Waals surface area (Å²) in [7, 11) is 3.06. The number of imide groups is 1. The Bertz CT molecular complexity index is 614. The standard InChI is InChI=1S/C15H18N2O5/c1-9(18)17-8-14(19)16-12(15(17)20)7-10-6-11(21-2)4-5-13(10)22-3/h4-6,12H,7-8H2,1-3H3,(H,16,19). The third-order valence-corrected chi connectivity index (χ3v) is 3.49. The van der Waals surface area contributed by atoms with Gasteiger partial charge in [-0.05, 0) is 18.2 Å². The third-order valence-electron chi connectivity index (χ3n) is 3.49. The molecule has 1 N–H and O–H groups in total. The lowest BCUT2D eigenvalue weighted by Gasteiger charge is -2.30. The number of rotatable bonds is 4. The van der Waals surface area contributed by atoms with E-state index in [0.29, 0.717) is 17.1 Å². The lowest BCUT2D eigenvalue weighted by molar-refractivity contribution is -0.152. The van der Waals surface area contributed by atoms with Crippen molar-refractivity contribution in [2.24, 2.45) is 0 Å². The zero-order valence-corrected chi connectivity index (χ0v) is 12.7. The van der Waals surface area contributed by atoms with E-state index in [1.54, 1.807) is 18.2 Å². The molecule has 2 rings (SSSR count). The normalized spacial score (nSPS) is 18.0. The van der Waals surface area contributed by atoms with Crippen molar-refractivity contribution < 1.29 is 23.9 Å². The van der Waals surface area contributed by atoms with Gasteiger partial charge in [-0.2, -0.15) is 0 Å². The molecule has 0 aromatic heterocycles. The summed E-state index contributed by atoms with van der Waals surface area (Å²) in [4.78, 5) is 36.4. The van der Waals surface area contributed by atoms with Crippen LogP contribution in [0.2, 0.25) is 0 Å². The van der Waals surface area contributed by atoms with E-state index in [1.165, 1.54) is 21.1 Å². The number of amides is 3. The maximum Gasteiger partial charge on any atom is 0.252 e. The number of piperazine rings is 1. The highest BCUT2D eigenvalue weighted by Gasteiger charge is 2.35. The zero-order chi connectivity index (χ0) is 16.3. The molecule has 1 heterocycles. The number of carbonyl (C=O) groups is 3. The molecular formula is C15H18N2O5. The number of benzene rings is 1. The maximum atomic E-state index is 12.3. The fourth-order valence-corrected chi connectivity index (χ4v) is 2.38. The van der Waals surface area contributed by atoms with Crippen molar-refractivity contribution >= 4 is 17.7 Å². The fraction of sp³-hybridized carbons (Fsp3) is 0.400.